The van der Waals surface area contributed by atoms with Crippen LogP contribution in [-0.4, -0.2) is 20.0 Å². The number of benzene rings is 2. The number of carbonyl (C=O) groups is 1. The molecule has 0 aliphatic heterocycles. The minimum absolute atomic E-state index is 0.0905. The number of pyridine rings is 1. The van der Waals surface area contributed by atoms with Crippen LogP contribution in [0.4, 0.5) is 18.9 Å². The summed E-state index contributed by atoms with van der Waals surface area (Å²) in [6, 6.07) is 18.1. The van der Waals surface area contributed by atoms with E-state index in [0.717, 1.165) is 22.5 Å². The molecule has 3 aromatic heterocycles. The molecular formula is C25H19F3N4O. The van der Waals surface area contributed by atoms with Gasteiger partial charge in [0, 0.05) is 36.1 Å². The molecule has 166 valence electrons. The molecule has 0 saturated heterocycles. The van der Waals surface area contributed by atoms with Crippen molar-refractivity contribution in [2.24, 2.45) is 7.05 Å². The SMILES string of the molecule is Cn1ccc2cc(NC(=O)c3cc4ccccc4n3Cc3ccccc3C(F)(F)F)cnc21. The number of aromatic nitrogens is 3. The molecule has 3 heterocycles. The zero-order chi connectivity index (χ0) is 23.2. The number of hydrogen-bond donors (Lipinski definition) is 1. The molecular weight excluding hydrogens is 429 g/mol. The third-order valence-corrected chi connectivity index (χ3v) is 5.66. The van der Waals surface area contributed by atoms with Crippen molar-refractivity contribution in [3.63, 3.8) is 0 Å². The molecule has 5 rings (SSSR count). The highest BCUT2D eigenvalue weighted by molar-refractivity contribution is 6.07. The molecule has 33 heavy (non-hydrogen) atoms. The molecule has 0 spiro atoms. The Hall–Kier alpha value is -4.07. The minimum atomic E-state index is -4.49. The van der Waals surface area contributed by atoms with Crippen molar-refractivity contribution >= 4 is 33.5 Å². The van der Waals surface area contributed by atoms with Gasteiger partial charge in [0.15, 0.2) is 0 Å². The second-order valence-corrected chi connectivity index (χ2v) is 7.85. The third kappa shape index (κ3) is 3.84. The van der Waals surface area contributed by atoms with Gasteiger partial charge < -0.3 is 14.5 Å². The molecule has 0 fully saturated rings. The van der Waals surface area contributed by atoms with Crippen molar-refractivity contribution in [3.05, 3.63) is 95.9 Å². The van der Waals surface area contributed by atoms with E-state index in [1.165, 1.54) is 12.1 Å². The molecule has 0 bridgehead atoms. The Labute approximate surface area is 187 Å². The van der Waals surface area contributed by atoms with Crippen molar-refractivity contribution < 1.29 is 18.0 Å². The van der Waals surface area contributed by atoms with Gasteiger partial charge in [-0.3, -0.25) is 4.79 Å². The summed E-state index contributed by atoms with van der Waals surface area (Å²) in [5.41, 5.74) is 1.61. The molecule has 5 nitrogen and oxygen atoms in total. The minimum Gasteiger partial charge on any atom is -0.336 e. The molecule has 0 saturated carbocycles. The highest BCUT2D eigenvalue weighted by atomic mass is 19.4. The number of alkyl halides is 3. The maximum absolute atomic E-state index is 13.6. The first-order valence-electron chi connectivity index (χ1n) is 10.3. The Morgan fingerprint density at radius 2 is 1.76 bits per heavy atom. The summed E-state index contributed by atoms with van der Waals surface area (Å²) in [5.74, 6) is -0.423. The summed E-state index contributed by atoms with van der Waals surface area (Å²) < 4.78 is 44.2. The molecule has 0 radical (unpaired) electrons. The van der Waals surface area contributed by atoms with Gasteiger partial charge in [-0.1, -0.05) is 36.4 Å². The lowest BCUT2D eigenvalue weighted by Gasteiger charge is -2.16. The number of halogens is 3. The fourth-order valence-electron chi connectivity index (χ4n) is 4.09. The molecule has 2 aromatic carbocycles. The molecule has 0 aliphatic rings. The van der Waals surface area contributed by atoms with Gasteiger partial charge >= 0.3 is 6.18 Å². The lowest BCUT2D eigenvalue weighted by atomic mass is 10.1. The molecule has 0 aliphatic carbocycles. The van der Waals surface area contributed by atoms with Crippen LogP contribution in [0.3, 0.4) is 0 Å². The van der Waals surface area contributed by atoms with E-state index in [0.29, 0.717) is 11.2 Å². The largest absolute Gasteiger partial charge is 0.416 e. The second-order valence-electron chi connectivity index (χ2n) is 7.85. The smallest absolute Gasteiger partial charge is 0.336 e. The summed E-state index contributed by atoms with van der Waals surface area (Å²) >= 11 is 0. The average Bonchev–Trinajstić information content (AvgIpc) is 3.34. The predicted octanol–water partition coefficient (Wildman–Crippen LogP) is 5.85. The van der Waals surface area contributed by atoms with Gasteiger partial charge in [-0.2, -0.15) is 13.2 Å². The zero-order valence-electron chi connectivity index (χ0n) is 17.6. The van der Waals surface area contributed by atoms with E-state index in [1.54, 1.807) is 35.0 Å². The van der Waals surface area contributed by atoms with E-state index in [9.17, 15) is 18.0 Å². The fraction of sp³-hybridized carbons (Fsp3) is 0.120. The van der Waals surface area contributed by atoms with E-state index in [4.69, 9.17) is 0 Å². The van der Waals surface area contributed by atoms with Crippen LogP contribution in [0.5, 0.6) is 0 Å². The van der Waals surface area contributed by atoms with Crippen molar-refractivity contribution in [2.75, 3.05) is 5.32 Å². The Bertz CT molecular complexity index is 1500. The summed E-state index contributed by atoms with van der Waals surface area (Å²) in [4.78, 5) is 17.6. The number of aryl methyl sites for hydroxylation is 1. The molecule has 0 atom stereocenters. The number of amides is 1. The number of rotatable bonds is 4. The highest BCUT2D eigenvalue weighted by Gasteiger charge is 2.33. The van der Waals surface area contributed by atoms with Crippen LogP contribution in [-0.2, 0) is 19.8 Å². The zero-order valence-corrected chi connectivity index (χ0v) is 17.6. The van der Waals surface area contributed by atoms with E-state index in [2.05, 4.69) is 10.3 Å². The normalized spacial score (nSPS) is 11.9. The number of fused-ring (bicyclic) bond motifs is 2. The number of carbonyl (C=O) groups excluding carboxylic acids is 1. The van der Waals surface area contributed by atoms with E-state index in [1.807, 2.05) is 42.1 Å². The van der Waals surface area contributed by atoms with Crippen molar-refractivity contribution in [1.29, 1.82) is 0 Å². The van der Waals surface area contributed by atoms with Gasteiger partial charge in [0.25, 0.3) is 5.91 Å². The van der Waals surface area contributed by atoms with Crippen LogP contribution in [0, 0.1) is 0 Å². The van der Waals surface area contributed by atoms with Crippen molar-refractivity contribution in [3.8, 4) is 0 Å². The Kier molecular flexibility index (Phi) is 4.92. The second kappa shape index (κ2) is 7.81. The third-order valence-electron chi connectivity index (χ3n) is 5.66. The number of para-hydroxylation sites is 1. The van der Waals surface area contributed by atoms with E-state index < -0.39 is 17.6 Å². The van der Waals surface area contributed by atoms with E-state index in [-0.39, 0.29) is 17.8 Å². The topological polar surface area (TPSA) is 51.9 Å². The van der Waals surface area contributed by atoms with Crippen LogP contribution >= 0.6 is 0 Å². The standard InChI is InChI=1S/C25H19F3N4O/c1-31-11-10-17-12-19(14-29-23(17)31)30-24(33)22-13-16-6-3-5-9-21(16)32(22)15-18-7-2-4-8-20(18)25(26,27)28/h2-14H,15H2,1H3,(H,30,33). The van der Waals surface area contributed by atoms with Crippen LogP contribution in [0.1, 0.15) is 21.6 Å². The van der Waals surface area contributed by atoms with Gasteiger partial charge in [-0.15, -0.1) is 0 Å². The number of anilines is 1. The Morgan fingerprint density at radius 1 is 1.00 bits per heavy atom. The van der Waals surface area contributed by atoms with Crippen LogP contribution in [0.2, 0.25) is 0 Å². The summed E-state index contributed by atoms with van der Waals surface area (Å²) in [6.07, 6.45) is -1.05. The number of hydrogen-bond acceptors (Lipinski definition) is 2. The molecule has 0 unspecified atom stereocenters. The molecule has 5 aromatic rings. The lowest BCUT2D eigenvalue weighted by Crippen LogP contribution is -2.19. The van der Waals surface area contributed by atoms with Crippen LogP contribution in [0.15, 0.2) is 79.1 Å². The van der Waals surface area contributed by atoms with Gasteiger partial charge in [0.1, 0.15) is 11.3 Å². The van der Waals surface area contributed by atoms with E-state index >= 15 is 0 Å². The lowest BCUT2D eigenvalue weighted by molar-refractivity contribution is -0.138. The summed E-state index contributed by atoms with van der Waals surface area (Å²) in [7, 11) is 1.88. The maximum Gasteiger partial charge on any atom is 0.416 e. The van der Waals surface area contributed by atoms with Crippen molar-refractivity contribution in [1.82, 2.24) is 14.1 Å². The Balaban J connectivity index is 1.55. The first-order chi connectivity index (χ1) is 15.8. The van der Waals surface area contributed by atoms with Gasteiger partial charge in [0.2, 0.25) is 0 Å². The summed E-state index contributed by atoms with van der Waals surface area (Å²) in [6.45, 7) is -0.0953. The highest BCUT2D eigenvalue weighted by Crippen LogP contribution is 2.33. The molecule has 1 N–H and O–H groups in total. The Morgan fingerprint density at radius 3 is 2.58 bits per heavy atom. The van der Waals surface area contributed by atoms with Crippen LogP contribution < -0.4 is 5.32 Å². The average molecular weight is 448 g/mol. The van der Waals surface area contributed by atoms with Gasteiger partial charge in [0.05, 0.1) is 17.4 Å². The quantitative estimate of drug-likeness (QED) is 0.375. The predicted molar refractivity (Wildman–Crippen MR) is 121 cm³/mol. The fourth-order valence-corrected chi connectivity index (χ4v) is 4.09. The van der Waals surface area contributed by atoms with Gasteiger partial charge in [-0.25, -0.2) is 4.98 Å². The first kappa shape index (κ1) is 20.8. The first-order valence-corrected chi connectivity index (χ1v) is 10.3. The molecule has 1 amide bonds. The maximum atomic E-state index is 13.6. The monoisotopic (exact) mass is 448 g/mol. The molecule has 8 heteroatoms. The van der Waals surface area contributed by atoms with Gasteiger partial charge in [-0.05, 0) is 35.9 Å². The van der Waals surface area contributed by atoms with Crippen molar-refractivity contribution in [2.45, 2.75) is 12.7 Å². The number of nitrogens with one attached hydrogen (secondary N) is 1. The number of nitrogens with zero attached hydrogens (tertiary/aromatic N) is 3. The van der Waals surface area contributed by atoms with Crippen LogP contribution in [0.25, 0.3) is 21.9 Å². The summed E-state index contributed by atoms with van der Waals surface area (Å²) in [5, 5.41) is 4.48.